The van der Waals surface area contributed by atoms with Gasteiger partial charge in [-0.1, -0.05) is 6.08 Å². The Balaban J connectivity index is 2.16. The van der Waals surface area contributed by atoms with Crippen molar-refractivity contribution >= 4 is 11.6 Å². The Morgan fingerprint density at radius 2 is 2.50 bits per heavy atom. The molecular weight excluding hydrogens is 122 g/mol. The smallest absolute Gasteiger partial charge is 0.0399 e. The first-order valence-corrected chi connectivity index (χ1v) is 3.43. The monoisotopic (exact) mass is 131 g/mol. The van der Waals surface area contributed by atoms with Gasteiger partial charge < -0.3 is 4.90 Å². The summed E-state index contributed by atoms with van der Waals surface area (Å²) >= 11 is 5.51. The highest BCUT2D eigenvalue weighted by Gasteiger charge is 2.00. The van der Waals surface area contributed by atoms with Crippen molar-refractivity contribution in [3.63, 3.8) is 0 Å². The fourth-order valence-corrected chi connectivity index (χ4v) is 1.05. The second-order valence-electron chi connectivity index (χ2n) is 1.90. The molecule has 0 unspecified atom stereocenters. The zero-order valence-electron chi connectivity index (χ0n) is 4.81. The summed E-state index contributed by atoms with van der Waals surface area (Å²) in [5.41, 5.74) is 0. The summed E-state index contributed by atoms with van der Waals surface area (Å²) in [6.07, 6.45) is 5.48. The van der Waals surface area contributed by atoms with E-state index in [1.54, 1.807) is 0 Å². The number of nitrogens with zero attached hydrogens (tertiary/aromatic N) is 1. The third kappa shape index (κ3) is 1.41. The normalized spacial score (nSPS) is 17.9. The van der Waals surface area contributed by atoms with Crippen molar-refractivity contribution in [3.05, 3.63) is 12.3 Å². The van der Waals surface area contributed by atoms with Gasteiger partial charge in [-0.2, -0.15) is 0 Å². The number of alkyl halides is 1. The molecule has 1 aliphatic rings. The molecule has 1 rings (SSSR count). The van der Waals surface area contributed by atoms with Gasteiger partial charge in [-0.3, -0.25) is 0 Å². The van der Waals surface area contributed by atoms with Crippen molar-refractivity contribution in [1.29, 1.82) is 0 Å². The van der Waals surface area contributed by atoms with Gasteiger partial charge in [-0.15, -0.1) is 11.6 Å². The van der Waals surface area contributed by atoms with Crippen LogP contribution in [0.2, 0.25) is 0 Å². The summed E-state index contributed by atoms with van der Waals surface area (Å²) in [5, 5.41) is 0. The van der Waals surface area contributed by atoms with E-state index in [-0.39, 0.29) is 0 Å². The van der Waals surface area contributed by atoms with Crippen molar-refractivity contribution in [2.45, 2.75) is 6.42 Å². The van der Waals surface area contributed by atoms with E-state index in [0.717, 1.165) is 19.0 Å². The molecule has 0 N–H and O–H groups in total. The van der Waals surface area contributed by atoms with Crippen LogP contribution in [0.3, 0.4) is 0 Å². The Hall–Kier alpha value is -0.170. The minimum atomic E-state index is 0.740. The third-order valence-corrected chi connectivity index (χ3v) is 1.44. The molecule has 0 saturated carbocycles. The summed E-state index contributed by atoms with van der Waals surface area (Å²) in [6.45, 7) is 2.16. The van der Waals surface area contributed by atoms with Crippen LogP contribution < -0.4 is 0 Å². The molecule has 1 aliphatic heterocycles. The van der Waals surface area contributed by atoms with Gasteiger partial charge in [0.05, 0.1) is 0 Å². The lowest BCUT2D eigenvalue weighted by Gasteiger charge is -2.11. The first-order chi connectivity index (χ1) is 3.93. The molecule has 2 heteroatoms. The maximum Gasteiger partial charge on any atom is 0.0399 e. The van der Waals surface area contributed by atoms with E-state index < -0.39 is 0 Å². The minimum absolute atomic E-state index is 0.740. The number of rotatable bonds is 2. The highest BCUT2D eigenvalue weighted by molar-refractivity contribution is 6.18. The highest BCUT2D eigenvalue weighted by Crippen LogP contribution is 2.02. The van der Waals surface area contributed by atoms with Crippen LogP contribution in [0.5, 0.6) is 0 Å². The minimum Gasteiger partial charge on any atom is -0.376 e. The predicted octanol–water partition coefficient (Wildman–Crippen LogP) is 1.44. The van der Waals surface area contributed by atoms with E-state index in [1.165, 1.54) is 6.42 Å². The molecule has 0 aliphatic carbocycles. The average Bonchev–Trinajstić information content (AvgIpc) is 2.19. The third-order valence-electron chi connectivity index (χ3n) is 1.27. The molecule has 0 spiro atoms. The molecule has 8 heavy (non-hydrogen) atoms. The summed E-state index contributed by atoms with van der Waals surface area (Å²) in [6, 6.07) is 0. The fourth-order valence-electron chi connectivity index (χ4n) is 0.833. The zero-order chi connectivity index (χ0) is 5.82. The Kier molecular flexibility index (Phi) is 2.22. The largest absolute Gasteiger partial charge is 0.376 e. The van der Waals surface area contributed by atoms with Crippen molar-refractivity contribution in [2.75, 3.05) is 19.0 Å². The van der Waals surface area contributed by atoms with Crippen LogP contribution in [0.4, 0.5) is 0 Å². The van der Waals surface area contributed by atoms with Crippen molar-refractivity contribution in [1.82, 2.24) is 4.90 Å². The van der Waals surface area contributed by atoms with E-state index in [9.17, 15) is 0 Å². The van der Waals surface area contributed by atoms with Gasteiger partial charge in [0.25, 0.3) is 0 Å². The van der Waals surface area contributed by atoms with Crippen molar-refractivity contribution in [3.8, 4) is 0 Å². The summed E-state index contributed by atoms with van der Waals surface area (Å²) < 4.78 is 0. The Morgan fingerprint density at radius 3 is 3.00 bits per heavy atom. The van der Waals surface area contributed by atoms with Crippen LogP contribution in [0.1, 0.15) is 6.42 Å². The van der Waals surface area contributed by atoms with Gasteiger partial charge in [-0.25, -0.2) is 0 Å². The van der Waals surface area contributed by atoms with Crippen LogP contribution in [0, 0.1) is 0 Å². The first-order valence-electron chi connectivity index (χ1n) is 2.90. The molecule has 0 amide bonds. The lowest BCUT2D eigenvalue weighted by atomic mass is 10.5. The first kappa shape index (κ1) is 5.96. The van der Waals surface area contributed by atoms with Crippen molar-refractivity contribution in [2.24, 2.45) is 0 Å². The maximum absolute atomic E-state index is 5.51. The number of halogens is 1. The molecule has 0 fully saturated rings. The van der Waals surface area contributed by atoms with Gasteiger partial charge in [-0.05, 0) is 12.6 Å². The van der Waals surface area contributed by atoms with Crippen LogP contribution >= 0.6 is 11.6 Å². The van der Waals surface area contributed by atoms with Gasteiger partial charge in [0.1, 0.15) is 0 Å². The molecule has 0 atom stereocenters. The molecule has 1 nitrogen and oxygen atoms in total. The Bertz CT molecular complexity index is 90.5. The molecule has 1 heterocycles. The quantitative estimate of drug-likeness (QED) is 0.513. The lowest BCUT2D eigenvalue weighted by Crippen LogP contribution is -2.16. The molecule has 0 aromatic rings. The van der Waals surface area contributed by atoms with Gasteiger partial charge in [0.2, 0.25) is 0 Å². The van der Waals surface area contributed by atoms with Crippen molar-refractivity contribution < 1.29 is 0 Å². The van der Waals surface area contributed by atoms with Crippen LogP contribution in [0.15, 0.2) is 12.3 Å². The molecule has 0 aromatic carbocycles. The predicted molar refractivity (Wildman–Crippen MR) is 36.0 cm³/mol. The standard InChI is InChI=1S/C6H10ClN/c7-3-6-8-4-1-2-5-8/h1,4H,2-3,5-6H2. The second-order valence-corrected chi connectivity index (χ2v) is 2.28. The molecule has 0 radical (unpaired) electrons. The maximum atomic E-state index is 5.51. The number of hydrogen-bond acceptors (Lipinski definition) is 1. The molecule has 0 saturated heterocycles. The van der Waals surface area contributed by atoms with E-state index in [0.29, 0.717) is 0 Å². The van der Waals surface area contributed by atoms with Gasteiger partial charge in [0, 0.05) is 19.0 Å². The molecule has 0 aromatic heterocycles. The van der Waals surface area contributed by atoms with E-state index in [1.807, 2.05) is 0 Å². The highest BCUT2D eigenvalue weighted by atomic mass is 35.5. The Labute approximate surface area is 54.9 Å². The van der Waals surface area contributed by atoms with Gasteiger partial charge in [0.15, 0.2) is 0 Å². The second kappa shape index (κ2) is 2.98. The fraction of sp³-hybridized carbons (Fsp3) is 0.667. The van der Waals surface area contributed by atoms with Crippen LogP contribution in [-0.4, -0.2) is 23.9 Å². The average molecular weight is 132 g/mol. The molecule has 46 valence electrons. The summed E-state index contributed by atoms with van der Waals surface area (Å²) in [7, 11) is 0. The summed E-state index contributed by atoms with van der Waals surface area (Å²) in [5.74, 6) is 0.740. The summed E-state index contributed by atoms with van der Waals surface area (Å²) in [4.78, 5) is 2.23. The molecular formula is C6H10ClN. The SMILES string of the molecule is ClCCN1C=CCC1. The van der Waals surface area contributed by atoms with Crippen LogP contribution in [0.25, 0.3) is 0 Å². The van der Waals surface area contributed by atoms with E-state index in [2.05, 4.69) is 17.2 Å². The Morgan fingerprint density at radius 1 is 1.62 bits per heavy atom. The van der Waals surface area contributed by atoms with E-state index >= 15 is 0 Å². The van der Waals surface area contributed by atoms with E-state index in [4.69, 9.17) is 11.6 Å². The molecule has 0 bridgehead atoms. The number of hydrogen-bond donors (Lipinski definition) is 0. The van der Waals surface area contributed by atoms with Crippen LogP contribution in [-0.2, 0) is 0 Å². The lowest BCUT2D eigenvalue weighted by molar-refractivity contribution is 0.432. The topological polar surface area (TPSA) is 3.24 Å². The zero-order valence-corrected chi connectivity index (χ0v) is 5.56. The van der Waals surface area contributed by atoms with Gasteiger partial charge >= 0.3 is 0 Å².